The highest BCUT2D eigenvalue weighted by Gasteiger charge is 2.04. The Balaban J connectivity index is 1.76. The molecule has 2 aromatic rings. The maximum atomic E-state index is 5.69. The van der Waals surface area contributed by atoms with Crippen LogP contribution in [0.1, 0.15) is 21.0 Å². The molecule has 2 N–H and O–H groups in total. The Labute approximate surface area is 112 Å². The van der Waals surface area contributed by atoms with Crippen molar-refractivity contribution >= 4 is 11.3 Å². The van der Waals surface area contributed by atoms with Gasteiger partial charge in [0, 0.05) is 34.6 Å². The Morgan fingerprint density at radius 2 is 2.28 bits per heavy atom. The van der Waals surface area contributed by atoms with E-state index in [9.17, 15) is 0 Å². The van der Waals surface area contributed by atoms with Gasteiger partial charge in [-0.1, -0.05) is 6.07 Å². The summed E-state index contributed by atoms with van der Waals surface area (Å²) in [5.74, 6) is 0. The topological polar surface area (TPSA) is 48.1 Å². The predicted molar refractivity (Wildman–Crippen MR) is 74.5 cm³/mol. The summed E-state index contributed by atoms with van der Waals surface area (Å²) in [6.07, 6.45) is 2.67. The first kappa shape index (κ1) is 13.2. The summed E-state index contributed by atoms with van der Waals surface area (Å²) in [6.45, 7) is 4.08. The first-order chi connectivity index (χ1) is 8.79. The number of rotatable bonds is 6. The fourth-order valence-corrected chi connectivity index (χ4v) is 2.66. The fraction of sp³-hybridized carbons (Fsp3) is 0.357. The van der Waals surface area contributed by atoms with Gasteiger partial charge in [0.2, 0.25) is 0 Å². The van der Waals surface area contributed by atoms with E-state index in [0.29, 0.717) is 19.8 Å². The highest BCUT2D eigenvalue weighted by atomic mass is 32.1. The lowest BCUT2D eigenvalue weighted by molar-refractivity contribution is 0.123. The zero-order valence-corrected chi connectivity index (χ0v) is 11.4. The van der Waals surface area contributed by atoms with E-state index in [4.69, 9.17) is 10.5 Å². The molecule has 0 radical (unpaired) electrons. The molecule has 0 bridgehead atoms. The molecule has 2 aromatic heterocycles. The molecule has 0 fully saturated rings. The van der Waals surface area contributed by atoms with Crippen molar-refractivity contribution in [2.24, 2.45) is 5.73 Å². The number of hydrogen-bond acceptors (Lipinski definition) is 4. The van der Waals surface area contributed by atoms with Crippen LogP contribution in [0.2, 0.25) is 0 Å². The van der Waals surface area contributed by atoms with Gasteiger partial charge >= 0.3 is 0 Å². The summed E-state index contributed by atoms with van der Waals surface area (Å²) < 4.78 is 5.69. The molecular weight excluding hydrogens is 244 g/mol. The number of pyridine rings is 1. The lowest BCUT2D eigenvalue weighted by Crippen LogP contribution is -2.00. The molecule has 96 valence electrons. The van der Waals surface area contributed by atoms with Gasteiger partial charge < -0.3 is 10.5 Å². The van der Waals surface area contributed by atoms with Crippen molar-refractivity contribution in [1.29, 1.82) is 0 Å². The Bertz CT molecular complexity index is 482. The number of thiophene rings is 1. The average Bonchev–Trinajstić information content (AvgIpc) is 2.77. The molecule has 2 rings (SSSR count). The summed E-state index contributed by atoms with van der Waals surface area (Å²) >= 11 is 1.75. The van der Waals surface area contributed by atoms with E-state index in [1.54, 1.807) is 11.3 Å². The highest BCUT2D eigenvalue weighted by Crippen LogP contribution is 2.21. The standard InChI is InChI=1S/C14H18N2OS/c1-11-12(8-14(9-15)18-11)10-17-7-5-13-4-2-3-6-16-13/h2-4,6,8H,5,7,9-10,15H2,1H3. The Morgan fingerprint density at radius 3 is 2.94 bits per heavy atom. The van der Waals surface area contributed by atoms with E-state index in [2.05, 4.69) is 18.0 Å². The van der Waals surface area contributed by atoms with Crippen molar-refractivity contribution in [1.82, 2.24) is 4.98 Å². The van der Waals surface area contributed by atoms with Crippen LogP contribution in [0.15, 0.2) is 30.5 Å². The van der Waals surface area contributed by atoms with Crippen molar-refractivity contribution < 1.29 is 4.74 Å². The van der Waals surface area contributed by atoms with Gasteiger partial charge in [0.15, 0.2) is 0 Å². The van der Waals surface area contributed by atoms with Crippen LogP contribution in [0, 0.1) is 6.92 Å². The second-order valence-electron chi connectivity index (χ2n) is 4.12. The normalized spacial score (nSPS) is 10.8. The van der Waals surface area contributed by atoms with Crippen LogP contribution in [0.4, 0.5) is 0 Å². The van der Waals surface area contributed by atoms with Crippen molar-refractivity contribution in [2.45, 2.75) is 26.5 Å². The van der Waals surface area contributed by atoms with Gasteiger partial charge in [0.1, 0.15) is 0 Å². The molecule has 0 atom stereocenters. The molecule has 0 aliphatic heterocycles. The third kappa shape index (κ3) is 3.63. The zero-order valence-electron chi connectivity index (χ0n) is 10.6. The zero-order chi connectivity index (χ0) is 12.8. The van der Waals surface area contributed by atoms with Crippen molar-refractivity contribution in [3.8, 4) is 0 Å². The minimum absolute atomic E-state index is 0.611. The minimum Gasteiger partial charge on any atom is -0.376 e. The molecule has 0 unspecified atom stereocenters. The Morgan fingerprint density at radius 1 is 1.39 bits per heavy atom. The smallest absolute Gasteiger partial charge is 0.0727 e. The summed E-state index contributed by atoms with van der Waals surface area (Å²) in [4.78, 5) is 6.78. The first-order valence-electron chi connectivity index (χ1n) is 6.05. The van der Waals surface area contributed by atoms with Crippen LogP contribution < -0.4 is 5.73 Å². The third-order valence-electron chi connectivity index (χ3n) is 2.76. The number of aryl methyl sites for hydroxylation is 1. The van der Waals surface area contributed by atoms with Crippen LogP contribution in [0.25, 0.3) is 0 Å². The van der Waals surface area contributed by atoms with E-state index in [1.807, 2.05) is 24.4 Å². The molecule has 0 spiro atoms. The quantitative estimate of drug-likeness (QED) is 0.814. The lowest BCUT2D eigenvalue weighted by Gasteiger charge is -2.03. The van der Waals surface area contributed by atoms with Crippen LogP contribution in [-0.2, 0) is 24.3 Å². The second kappa shape index (κ2) is 6.64. The van der Waals surface area contributed by atoms with E-state index in [-0.39, 0.29) is 0 Å². The number of ether oxygens (including phenoxy) is 1. The van der Waals surface area contributed by atoms with Gasteiger partial charge in [-0.3, -0.25) is 4.98 Å². The second-order valence-corrected chi connectivity index (χ2v) is 5.46. The van der Waals surface area contributed by atoms with Crippen LogP contribution in [0.3, 0.4) is 0 Å². The fourth-order valence-electron chi connectivity index (χ4n) is 1.74. The molecule has 0 aromatic carbocycles. The molecule has 18 heavy (non-hydrogen) atoms. The number of hydrogen-bond donors (Lipinski definition) is 1. The molecule has 2 heterocycles. The molecule has 4 heteroatoms. The van der Waals surface area contributed by atoms with Gasteiger partial charge in [-0.2, -0.15) is 0 Å². The molecule has 0 amide bonds. The van der Waals surface area contributed by atoms with Gasteiger partial charge in [-0.05, 0) is 30.7 Å². The maximum absolute atomic E-state index is 5.69. The van der Waals surface area contributed by atoms with Crippen LogP contribution in [-0.4, -0.2) is 11.6 Å². The van der Waals surface area contributed by atoms with Crippen molar-refractivity contribution in [3.05, 3.63) is 51.5 Å². The minimum atomic E-state index is 0.611. The molecule has 0 aliphatic carbocycles. The van der Waals surface area contributed by atoms with Gasteiger partial charge in [-0.25, -0.2) is 0 Å². The molecule has 0 saturated heterocycles. The van der Waals surface area contributed by atoms with Crippen molar-refractivity contribution in [3.63, 3.8) is 0 Å². The van der Waals surface area contributed by atoms with Crippen molar-refractivity contribution in [2.75, 3.05) is 6.61 Å². The van der Waals surface area contributed by atoms with Gasteiger partial charge in [0.25, 0.3) is 0 Å². The van der Waals surface area contributed by atoms with Crippen LogP contribution in [0.5, 0.6) is 0 Å². The largest absolute Gasteiger partial charge is 0.376 e. The van der Waals surface area contributed by atoms with E-state index in [0.717, 1.165) is 12.1 Å². The van der Waals surface area contributed by atoms with Gasteiger partial charge in [-0.15, -0.1) is 11.3 Å². The number of nitrogens with zero attached hydrogens (tertiary/aromatic N) is 1. The average molecular weight is 262 g/mol. The maximum Gasteiger partial charge on any atom is 0.0727 e. The summed E-state index contributed by atoms with van der Waals surface area (Å²) in [6, 6.07) is 8.08. The van der Waals surface area contributed by atoms with Crippen LogP contribution >= 0.6 is 11.3 Å². The predicted octanol–water partition coefficient (Wildman–Crippen LogP) is 2.67. The third-order valence-corrected chi connectivity index (χ3v) is 3.87. The summed E-state index contributed by atoms with van der Waals surface area (Å²) in [5.41, 5.74) is 7.95. The summed E-state index contributed by atoms with van der Waals surface area (Å²) in [7, 11) is 0. The monoisotopic (exact) mass is 262 g/mol. The Hall–Kier alpha value is -1.23. The molecule has 3 nitrogen and oxygen atoms in total. The molecule has 0 saturated carbocycles. The highest BCUT2D eigenvalue weighted by molar-refractivity contribution is 7.12. The molecular formula is C14H18N2OS. The summed E-state index contributed by atoms with van der Waals surface area (Å²) in [5, 5.41) is 0. The first-order valence-corrected chi connectivity index (χ1v) is 6.87. The molecule has 0 aliphatic rings. The Kier molecular flexibility index (Phi) is 4.87. The van der Waals surface area contributed by atoms with E-state index < -0.39 is 0 Å². The number of nitrogens with two attached hydrogens (primary N) is 1. The van der Waals surface area contributed by atoms with E-state index in [1.165, 1.54) is 15.3 Å². The van der Waals surface area contributed by atoms with Gasteiger partial charge in [0.05, 0.1) is 13.2 Å². The van der Waals surface area contributed by atoms with E-state index >= 15 is 0 Å². The number of aromatic nitrogens is 1. The lowest BCUT2D eigenvalue weighted by atomic mass is 10.2. The SMILES string of the molecule is Cc1sc(CN)cc1COCCc1ccccn1.